The minimum Gasteiger partial charge on any atom is -0.480 e. The normalized spacial score (nSPS) is 18.4. The Labute approximate surface area is 116 Å². The highest BCUT2D eigenvalue weighted by atomic mass is 35.5. The fourth-order valence-corrected chi connectivity index (χ4v) is 2.11. The van der Waals surface area contributed by atoms with Crippen LogP contribution in [0.1, 0.15) is 12.8 Å². The number of ether oxygens (including phenoxy) is 2. The van der Waals surface area contributed by atoms with Crippen LogP contribution in [0.25, 0.3) is 0 Å². The van der Waals surface area contributed by atoms with Crippen LogP contribution in [0.5, 0.6) is 11.8 Å². The van der Waals surface area contributed by atoms with Crippen molar-refractivity contribution in [1.82, 2.24) is 14.9 Å². The third-order valence-electron chi connectivity index (χ3n) is 2.89. The van der Waals surface area contributed by atoms with Crippen LogP contribution in [0, 0.1) is 0 Å². The Balaban J connectivity index is 1.89. The van der Waals surface area contributed by atoms with Crippen molar-refractivity contribution in [2.45, 2.75) is 18.9 Å². The average molecular weight is 286 g/mol. The molecule has 0 N–H and O–H groups in total. The van der Waals surface area contributed by atoms with E-state index in [1.807, 2.05) is 0 Å². The number of carbonyl (C=O) groups excluding carboxylic acids is 1. The van der Waals surface area contributed by atoms with Gasteiger partial charge in [0.15, 0.2) is 0 Å². The number of nitrogens with zero attached hydrogens (tertiary/aromatic N) is 3. The third kappa shape index (κ3) is 3.70. The summed E-state index contributed by atoms with van der Waals surface area (Å²) in [5, 5.41) is 0. The maximum absolute atomic E-state index is 11.7. The van der Waals surface area contributed by atoms with Gasteiger partial charge in [-0.3, -0.25) is 9.78 Å². The second-order valence-electron chi connectivity index (χ2n) is 4.21. The first kappa shape index (κ1) is 13.9. The molecule has 0 radical (unpaired) electrons. The molecule has 6 nitrogen and oxygen atoms in total. The van der Waals surface area contributed by atoms with Gasteiger partial charge in [-0.15, -0.1) is 11.6 Å². The van der Waals surface area contributed by atoms with E-state index in [2.05, 4.69) is 9.97 Å². The lowest BCUT2D eigenvalue weighted by molar-refractivity contribution is -0.130. The van der Waals surface area contributed by atoms with Crippen LogP contribution in [0.3, 0.4) is 0 Å². The first-order chi connectivity index (χ1) is 9.22. The summed E-state index contributed by atoms with van der Waals surface area (Å²) < 4.78 is 10.7. The van der Waals surface area contributed by atoms with Crippen LogP contribution >= 0.6 is 11.6 Å². The maximum atomic E-state index is 11.7. The Morgan fingerprint density at radius 1 is 1.53 bits per heavy atom. The quantitative estimate of drug-likeness (QED) is 0.758. The van der Waals surface area contributed by atoms with E-state index in [4.69, 9.17) is 21.1 Å². The standard InChI is InChI=1S/C12H16ClN3O3/c1-18-10-6-14-7-11(15-10)19-9-3-5-16(8-9)12(17)2-4-13/h6-7,9H,2-5,8H2,1H3. The van der Waals surface area contributed by atoms with Gasteiger partial charge in [0.25, 0.3) is 0 Å². The van der Waals surface area contributed by atoms with Crippen molar-refractivity contribution < 1.29 is 14.3 Å². The van der Waals surface area contributed by atoms with Crippen molar-refractivity contribution in [3.8, 4) is 11.8 Å². The van der Waals surface area contributed by atoms with Crippen LogP contribution in [0.15, 0.2) is 12.4 Å². The monoisotopic (exact) mass is 285 g/mol. The van der Waals surface area contributed by atoms with Crippen molar-refractivity contribution in [1.29, 1.82) is 0 Å². The number of hydrogen-bond donors (Lipinski definition) is 0. The Hall–Kier alpha value is -1.56. The number of hydrogen-bond acceptors (Lipinski definition) is 5. The van der Waals surface area contributed by atoms with Crippen molar-refractivity contribution in [3.63, 3.8) is 0 Å². The first-order valence-electron chi connectivity index (χ1n) is 6.09. The topological polar surface area (TPSA) is 64.6 Å². The smallest absolute Gasteiger partial charge is 0.235 e. The average Bonchev–Trinajstić information content (AvgIpc) is 2.88. The summed E-state index contributed by atoms with van der Waals surface area (Å²) in [5.74, 6) is 1.24. The number of carbonyl (C=O) groups is 1. The summed E-state index contributed by atoms with van der Waals surface area (Å²) in [5.41, 5.74) is 0. The van der Waals surface area contributed by atoms with Gasteiger partial charge in [0, 0.05) is 25.3 Å². The summed E-state index contributed by atoms with van der Waals surface area (Å²) in [6.07, 6.45) is 4.14. The minimum atomic E-state index is -0.0549. The summed E-state index contributed by atoms with van der Waals surface area (Å²) >= 11 is 5.56. The molecule has 0 bridgehead atoms. The zero-order valence-corrected chi connectivity index (χ0v) is 11.5. The molecule has 0 spiro atoms. The molecule has 1 aromatic heterocycles. The Morgan fingerprint density at radius 3 is 3.05 bits per heavy atom. The van der Waals surface area contributed by atoms with E-state index >= 15 is 0 Å². The lowest BCUT2D eigenvalue weighted by atomic mass is 10.3. The van der Waals surface area contributed by atoms with Gasteiger partial charge in [0.1, 0.15) is 6.10 Å². The molecule has 1 fully saturated rings. The number of aromatic nitrogens is 2. The fourth-order valence-electron chi connectivity index (χ4n) is 1.95. The van der Waals surface area contributed by atoms with Crippen LogP contribution in [-0.2, 0) is 4.79 Å². The highest BCUT2D eigenvalue weighted by molar-refractivity contribution is 6.18. The van der Waals surface area contributed by atoms with E-state index in [9.17, 15) is 4.79 Å². The number of amides is 1. The van der Waals surface area contributed by atoms with Crippen LogP contribution in [0.2, 0.25) is 0 Å². The van der Waals surface area contributed by atoms with Crippen molar-refractivity contribution >= 4 is 17.5 Å². The maximum Gasteiger partial charge on any atom is 0.235 e. The molecule has 104 valence electrons. The van der Waals surface area contributed by atoms with Gasteiger partial charge in [-0.1, -0.05) is 0 Å². The van der Waals surface area contributed by atoms with Gasteiger partial charge in [-0.05, 0) is 0 Å². The Morgan fingerprint density at radius 2 is 2.32 bits per heavy atom. The number of alkyl halides is 1. The molecule has 1 aliphatic heterocycles. The molecule has 2 heterocycles. The molecule has 1 saturated heterocycles. The van der Waals surface area contributed by atoms with Gasteiger partial charge < -0.3 is 14.4 Å². The van der Waals surface area contributed by atoms with E-state index in [1.165, 1.54) is 19.5 Å². The first-order valence-corrected chi connectivity index (χ1v) is 6.63. The highest BCUT2D eigenvalue weighted by Crippen LogP contribution is 2.18. The lowest BCUT2D eigenvalue weighted by Gasteiger charge is -2.16. The lowest BCUT2D eigenvalue weighted by Crippen LogP contribution is -2.31. The second-order valence-corrected chi connectivity index (χ2v) is 4.58. The van der Waals surface area contributed by atoms with Gasteiger partial charge in [0.05, 0.1) is 26.0 Å². The van der Waals surface area contributed by atoms with Crippen LogP contribution < -0.4 is 9.47 Å². The van der Waals surface area contributed by atoms with Crippen molar-refractivity contribution in [2.24, 2.45) is 0 Å². The number of rotatable bonds is 5. The van der Waals surface area contributed by atoms with E-state index in [0.717, 1.165) is 6.42 Å². The van der Waals surface area contributed by atoms with Crippen LogP contribution in [0.4, 0.5) is 0 Å². The Bertz CT molecular complexity index is 444. The molecule has 1 aromatic rings. The molecule has 19 heavy (non-hydrogen) atoms. The SMILES string of the molecule is COc1cncc(OC2CCN(C(=O)CCCl)C2)n1. The zero-order valence-electron chi connectivity index (χ0n) is 10.7. The molecule has 0 aliphatic carbocycles. The summed E-state index contributed by atoms with van der Waals surface area (Å²) in [6.45, 7) is 1.26. The number of likely N-dealkylation sites (tertiary alicyclic amines) is 1. The van der Waals surface area contributed by atoms with E-state index < -0.39 is 0 Å². The summed E-state index contributed by atoms with van der Waals surface area (Å²) in [6, 6.07) is 0. The molecule has 1 atom stereocenters. The van der Waals surface area contributed by atoms with Gasteiger partial charge in [0.2, 0.25) is 17.7 Å². The fraction of sp³-hybridized carbons (Fsp3) is 0.583. The molecule has 2 rings (SSSR count). The second kappa shape index (κ2) is 6.56. The van der Waals surface area contributed by atoms with E-state index in [1.54, 1.807) is 4.90 Å². The number of halogens is 1. The highest BCUT2D eigenvalue weighted by Gasteiger charge is 2.27. The van der Waals surface area contributed by atoms with Gasteiger partial charge in [-0.2, -0.15) is 4.98 Å². The Kier molecular flexibility index (Phi) is 4.79. The third-order valence-corrected chi connectivity index (χ3v) is 3.08. The van der Waals surface area contributed by atoms with Crippen molar-refractivity contribution in [3.05, 3.63) is 12.4 Å². The predicted octanol–water partition coefficient (Wildman–Crippen LogP) is 1.09. The van der Waals surface area contributed by atoms with Gasteiger partial charge in [-0.25, -0.2) is 0 Å². The van der Waals surface area contributed by atoms with Gasteiger partial charge >= 0.3 is 0 Å². The van der Waals surface area contributed by atoms with Crippen LogP contribution in [-0.4, -0.2) is 53.0 Å². The van der Waals surface area contributed by atoms with Crippen molar-refractivity contribution in [2.75, 3.05) is 26.1 Å². The molecular formula is C12H16ClN3O3. The molecule has 1 unspecified atom stereocenters. The molecule has 0 aromatic carbocycles. The number of methoxy groups -OCH3 is 1. The molecule has 0 saturated carbocycles. The zero-order chi connectivity index (χ0) is 13.7. The summed E-state index contributed by atoms with van der Waals surface area (Å²) in [7, 11) is 1.52. The molecule has 1 amide bonds. The predicted molar refractivity (Wildman–Crippen MR) is 69.5 cm³/mol. The largest absolute Gasteiger partial charge is 0.480 e. The minimum absolute atomic E-state index is 0.0549. The molecule has 1 aliphatic rings. The van der Waals surface area contributed by atoms with E-state index in [-0.39, 0.29) is 12.0 Å². The summed E-state index contributed by atoms with van der Waals surface area (Å²) in [4.78, 5) is 21.5. The molecular weight excluding hydrogens is 270 g/mol. The van der Waals surface area contributed by atoms with E-state index in [0.29, 0.717) is 37.2 Å². The molecule has 7 heteroatoms.